The minimum atomic E-state index is -1.26. The Hall–Kier alpha value is -2.35. The number of nitrogen functional groups attached to an aromatic ring is 1. The van der Waals surface area contributed by atoms with E-state index in [1.165, 1.54) is 0 Å². The third-order valence-electron chi connectivity index (χ3n) is 2.66. The summed E-state index contributed by atoms with van der Waals surface area (Å²) >= 11 is 0. The van der Waals surface area contributed by atoms with Gasteiger partial charge in [-0.15, -0.1) is 0 Å². The van der Waals surface area contributed by atoms with Crippen molar-refractivity contribution in [3.63, 3.8) is 0 Å². The highest BCUT2D eigenvalue weighted by molar-refractivity contribution is 5.64. The number of hydrogen-bond acceptors (Lipinski definition) is 5. The fourth-order valence-electron chi connectivity index (χ4n) is 1.64. The van der Waals surface area contributed by atoms with E-state index in [0.29, 0.717) is 23.3 Å². The standard InChI is InChI=1S/C12H12F3N5/c1-5-11(17-6(2)18-12(5)20-16)19-10-4-8(14)7(13)3-9(10)15/h3-4H,16H2,1-2H3,(H2,17,18,19,20). The van der Waals surface area contributed by atoms with Crippen LogP contribution in [0.25, 0.3) is 0 Å². The van der Waals surface area contributed by atoms with Gasteiger partial charge in [-0.05, 0) is 13.8 Å². The van der Waals surface area contributed by atoms with Crippen molar-refractivity contribution in [2.24, 2.45) is 5.84 Å². The molecule has 0 atom stereocenters. The fourth-order valence-corrected chi connectivity index (χ4v) is 1.64. The summed E-state index contributed by atoms with van der Waals surface area (Å²) in [6.07, 6.45) is 0. The van der Waals surface area contributed by atoms with Crippen molar-refractivity contribution in [2.75, 3.05) is 10.7 Å². The molecule has 0 unspecified atom stereocenters. The smallest absolute Gasteiger partial charge is 0.161 e. The predicted octanol–water partition coefficient (Wildman–Crippen LogP) is 2.54. The Balaban J connectivity index is 2.45. The highest BCUT2D eigenvalue weighted by atomic mass is 19.2. The number of aromatic nitrogens is 2. The molecule has 2 rings (SSSR count). The van der Waals surface area contributed by atoms with Crippen LogP contribution in [0.4, 0.5) is 30.5 Å². The number of hydrogen-bond donors (Lipinski definition) is 3. The van der Waals surface area contributed by atoms with E-state index >= 15 is 0 Å². The van der Waals surface area contributed by atoms with E-state index in [1.807, 2.05) is 0 Å². The first-order chi connectivity index (χ1) is 9.42. The molecular weight excluding hydrogens is 271 g/mol. The van der Waals surface area contributed by atoms with Crippen LogP contribution in [-0.2, 0) is 0 Å². The molecular formula is C12H12F3N5. The second kappa shape index (κ2) is 5.33. The number of benzene rings is 1. The molecule has 4 N–H and O–H groups in total. The number of anilines is 3. The van der Waals surface area contributed by atoms with Gasteiger partial charge in [0.2, 0.25) is 0 Å². The summed E-state index contributed by atoms with van der Waals surface area (Å²) in [5.74, 6) is 2.94. The van der Waals surface area contributed by atoms with E-state index in [4.69, 9.17) is 5.84 Å². The topological polar surface area (TPSA) is 75.9 Å². The van der Waals surface area contributed by atoms with Crippen LogP contribution >= 0.6 is 0 Å². The SMILES string of the molecule is Cc1nc(NN)c(C)c(Nc2cc(F)c(F)cc2F)n1. The zero-order chi connectivity index (χ0) is 14.9. The summed E-state index contributed by atoms with van der Waals surface area (Å²) in [6.45, 7) is 3.27. The van der Waals surface area contributed by atoms with Crippen LogP contribution in [0.15, 0.2) is 12.1 Å². The third-order valence-corrected chi connectivity index (χ3v) is 2.66. The van der Waals surface area contributed by atoms with Gasteiger partial charge in [0.25, 0.3) is 0 Å². The molecule has 20 heavy (non-hydrogen) atoms. The first kappa shape index (κ1) is 14.1. The largest absolute Gasteiger partial charge is 0.337 e. The molecule has 0 amide bonds. The van der Waals surface area contributed by atoms with E-state index in [0.717, 1.165) is 6.07 Å². The Kier molecular flexibility index (Phi) is 3.75. The summed E-state index contributed by atoms with van der Waals surface area (Å²) in [4.78, 5) is 8.10. The fraction of sp³-hybridized carbons (Fsp3) is 0.167. The van der Waals surface area contributed by atoms with E-state index in [2.05, 4.69) is 20.7 Å². The molecule has 0 aliphatic carbocycles. The molecule has 0 saturated carbocycles. The quantitative estimate of drug-likeness (QED) is 0.458. The normalized spacial score (nSPS) is 10.5. The second-order valence-corrected chi connectivity index (χ2v) is 4.11. The Morgan fingerprint density at radius 3 is 2.20 bits per heavy atom. The molecule has 0 saturated heterocycles. The summed E-state index contributed by atoms with van der Waals surface area (Å²) in [6, 6.07) is 1.18. The van der Waals surface area contributed by atoms with Crippen LogP contribution in [0.1, 0.15) is 11.4 Å². The summed E-state index contributed by atoms with van der Waals surface area (Å²) in [7, 11) is 0. The average molecular weight is 283 g/mol. The third kappa shape index (κ3) is 2.64. The van der Waals surface area contributed by atoms with Gasteiger partial charge >= 0.3 is 0 Å². The predicted molar refractivity (Wildman–Crippen MR) is 68.9 cm³/mol. The Labute approximate surface area is 113 Å². The molecule has 1 heterocycles. The van der Waals surface area contributed by atoms with Crippen molar-refractivity contribution in [3.05, 3.63) is 41.0 Å². The van der Waals surface area contributed by atoms with E-state index < -0.39 is 17.5 Å². The Morgan fingerprint density at radius 1 is 0.950 bits per heavy atom. The van der Waals surface area contributed by atoms with Crippen molar-refractivity contribution in [1.29, 1.82) is 0 Å². The number of aryl methyl sites for hydroxylation is 1. The first-order valence-electron chi connectivity index (χ1n) is 5.65. The monoisotopic (exact) mass is 283 g/mol. The maximum Gasteiger partial charge on any atom is 0.161 e. The van der Waals surface area contributed by atoms with Gasteiger partial charge < -0.3 is 10.7 Å². The average Bonchev–Trinajstić information content (AvgIpc) is 2.39. The number of nitrogens with two attached hydrogens (primary N) is 1. The highest BCUT2D eigenvalue weighted by Crippen LogP contribution is 2.26. The van der Waals surface area contributed by atoms with E-state index in [-0.39, 0.29) is 11.5 Å². The minimum Gasteiger partial charge on any atom is -0.337 e. The molecule has 5 nitrogen and oxygen atoms in total. The summed E-state index contributed by atoms with van der Waals surface area (Å²) in [5.41, 5.74) is 2.67. The molecule has 0 aliphatic rings. The van der Waals surface area contributed by atoms with Gasteiger partial charge in [-0.1, -0.05) is 0 Å². The van der Waals surface area contributed by atoms with Crippen molar-refractivity contribution >= 4 is 17.3 Å². The Bertz CT molecular complexity index is 660. The minimum absolute atomic E-state index is 0.229. The molecule has 8 heteroatoms. The molecule has 106 valence electrons. The summed E-state index contributed by atoms with van der Waals surface area (Å²) in [5, 5.41) is 2.60. The number of rotatable bonds is 3. The lowest BCUT2D eigenvalue weighted by molar-refractivity contribution is 0.496. The van der Waals surface area contributed by atoms with Crippen molar-refractivity contribution < 1.29 is 13.2 Å². The van der Waals surface area contributed by atoms with E-state index in [9.17, 15) is 13.2 Å². The Morgan fingerprint density at radius 2 is 1.55 bits per heavy atom. The zero-order valence-corrected chi connectivity index (χ0v) is 10.8. The van der Waals surface area contributed by atoms with Gasteiger partial charge in [0.15, 0.2) is 11.6 Å². The van der Waals surface area contributed by atoms with Gasteiger partial charge in [0, 0.05) is 17.7 Å². The van der Waals surface area contributed by atoms with Crippen LogP contribution in [0.5, 0.6) is 0 Å². The second-order valence-electron chi connectivity index (χ2n) is 4.11. The number of halogens is 3. The molecule has 0 bridgehead atoms. The van der Waals surface area contributed by atoms with Crippen LogP contribution in [0.3, 0.4) is 0 Å². The molecule has 0 spiro atoms. The highest BCUT2D eigenvalue weighted by Gasteiger charge is 2.13. The molecule has 0 aliphatic heterocycles. The zero-order valence-electron chi connectivity index (χ0n) is 10.8. The van der Waals surface area contributed by atoms with Crippen LogP contribution in [0.2, 0.25) is 0 Å². The number of nitrogens with one attached hydrogen (secondary N) is 2. The van der Waals surface area contributed by atoms with Crippen molar-refractivity contribution in [1.82, 2.24) is 9.97 Å². The first-order valence-corrected chi connectivity index (χ1v) is 5.65. The number of hydrazine groups is 1. The molecule has 2 aromatic rings. The van der Waals surface area contributed by atoms with Crippen molar-refractivity contribution in [2.45, 2.75) is 13.8 Å². The molecule has 1 aromatic heterocycles. The number of nitrogens with zero attached hydrogens (tertiary/aromatic N) is 2. The van der Waals surface area contributed by atoms with Gasteiger partial charge in [-0.25, -0.2) is 29.0 Å². The van der Waals surface area contributed by atoms with Crippen LogP contribution < -0.4 is 16.6 Å². The van der Waals surface area contributed by atoms with Gasteiger partial charge in [0.1, 0.15) is 23.3 Å². The lowest BCUT2D eigenvalue weighted by Gasteiger charge is -2.13. The van der Waals surface area contributed by atoms with E-state index in [1.54, 1.807) is 13.8 Å². The summed E-state index contributed by atoms with van der Waals surface area (Å²) < 4.78 is 39.6. The molecule has 0 radical (unpaired) electrons. The van der Waals surface area contributed by atoms with Crippen LogP contribution in [0, 0.1) is 31.3 Å². The van der Waals surface area contributed by atoms with Gasteiger partial charge in [0.05, 0.1) is 5.69 Å². The van der Waals surface area contributed by atoms with Crippen molar-refractivity contribution in [3.8, 4) is 0 Å². The molecule has 0 fully saturated rings. The van der Waals surface area contributed by atoms with Crippen LogP contribution in [-0.4, -0.2) is 9.97 Å². The maximum atomic E-state index is 13.6. The maximum absolute atomic E-state index is 13.6. The van der Waals surface area contributed by atoms with Gasteiger partial charge in [-0.3, -0.25) is 0 Å². The lowest BCUT2D eigenvalue weighted by Crippen LogP contribution is -2.13. The lowest BCUT2D eigenvalue weighted by atomic mass is 10.2. The van der Waals surface area contributed by atoms with Gasteiger partial charge in [-0.2, -0.15) is 0 Å². The molecule has 1 aromatic carbocycles.